The summed E-state index contributed by atoms with van der Waals surface area (Å²) >= 11 is 12.0. The Morgan fingerprint density at radius 2 is 1.81 bits per heavy atom. The van der Waals surface area contributed by atoms with E-state index in [0.29, 0.717) is 21.6 Å². The molecule has 4 rings (SSSR count). The second kappa shape index (κ2) is 6.83. The lowest BCUT2D eigenvalue weighted by Crippen LogP contribution is -1.84. The third-order valence-corrected chi connectivity index (χ3v) is 4.43. The van der Waals surface area contributed by atoms with Gasteiger partial charge in [-0.3, -0.25) is 4.99 Å². The molecule has 4 nitrogen and oxygen atoms in total. The summed E-state index contributed by atoms with van der Waals surface area (Å²) < 4.78 is 5.45. The second-order valence-corrected chi connectivity index (χ2v) is 6.43. The number of halogens is 2. The van der Waals surface area contributed by atoms with Crippen LogP contribution in [0.2, 0.25) is 10.0 Å². The summed E-state index contributed by atoms with van der Waals surface area (Å²) in [5.41, 5.74) is 1.53. The van der Waals surface area contributed by atoms with Crippen molar-refractivity contribution in [3.8, 4) is 17.4 Å². The first-order valence-electron chi connectivity index (χ1n) is 7.79. The van der Waals surface area contributed by atoms with Gasteiger partial charge in [0, 0.05) is 10.6 Å². The minimum absolute atomic E-state index is 0.221. The van der Waals surface area contributed by atoms with E-state index in [4.69, 9.17) is 27.6 Å². The molecule has 1 N–H and O–H groups in total. The molecule has 3 aromatic carbocycles. The largest absolute Gasteiger partial charge is 0.479 e. The highest BCUT2D eigenvalue weighted by molar-refractivity contribution is 6.36. The Morgan fingerprint density at radius 1 is 1.00 bits per heavy atom. The lowest BCUT2D eigenvalue weighted by Gasteiger charge is -2.01. The highest BCUT2D eigenvalue weighted by Crippen LogP contribution is 2.32. The highest BCUT2D eigenvalue weighted by Gasteiger charge is 2.14. The molecule has 0 atom stereocenters. The zero-order valence-corrected chi connectivity index (χ0v) is 14.9. The first-order chi connectivity index (χ1) is 12.6. The summed E-state index contributed by atoms with van der Waals surface area (Å²) in [6, 6.07) is 18.7. The van der Waals surface area contributed by atoms with Gasteiger partial charge in [-0.25, -0.2) is 4.98 Å². The van der Waals surface area contributed by atoms with E-state index >= 15 is 0 Å². The molecule has 0 saturated heterocycles. The van der Waals surface area contributed by atoms with E-state index < -0.39 is 0 Å². The Labute approximate surface area is 159 Å². The fraction of sp³-hybridized carbons (Fsp3) is 0. The molecule has 1 aromatic heterocycles. The quantitative estimate of drug-likeness (QED) is 0.425. The molecule has 1 heterocycles. The summed E-state index contributed by atoms with van der Waals surface area (Å²) in [6.07, 6.45) is 1.41. The number of aromatic nitrogens is 1. The Morgan fingerprint density at radius 3 is 2.65 bits per heavy atom. The predicted molar refractivity (Wildman–Crippen MR) is 105 cm³/mol. The third kappa shape index (κ3) is 3.17. The van der Waals surface area contributed by atoms with E-state index in [1.54, 1.807) is 18.2 Å². The molecule has 0 saturated carbocycles. The van der Waals surface area contributed by atoms with Crippen molar-refractivity contribution in [3.05, 3.63) is 76.4 Å². The van der Waals surface area contributed by atoms with E-state index in [9.17, 15) is 5.11 Å². The Hall–Kier alpha value is -2.82. The third-order valence-electron chi connectivity index (χ3n) is 3.89. The van der Waals surface area contributed by atoms with Gasteiger partial charge in [-0.1, -0.05) is 59.6 Å². The number of fused-ring (bicyclic) bond motifs is 1. The van der Waals surface area contributed by atoms with Crippen molar-refractivity contribution in [2.75, 3.05) is 0 Å². The number of aromatic hydroxyl groups is 1. The van der Waals surface area contributed by atoms with Crippen molar-refractivity contribution in [1.29, 1.82) is 0 Å². The van der Waals surface area contributed by atoms with Gasteiger partial charge in [0.05, 0.1) is 16.9 Å². The van der Waals surface area contributed by atoms with E-state index in [2.05, 4.69) is 9.98 Å². The van der Waals surface area contributed by atoms with Crippen LogP contribution >= 0.6 is 23.2 Å². The minimum Gasteiger partial charge on any atom is -0.479 e. The maximum atomic E-state index is 10.1. The molecule has 0 radical (unpaired) electrons. The van der Waals surface area contributed by atoms with Crippen LogP contribution in [0, 0.1) is 0 Å². The summed E-state index contributed by atoms with van der Waals surface area (Å²) in [7, 11) is 0. The van der Waals surface area contributed by atoms with Gasteiger partial charge < -0.3 is 9.52 Å². The van der Waals surface area contributed by atoms with Gasteiger partial charge in [-0.2, -0.15) is 0 Å². The Kier molecular flexibility index (Phi) is 4.37. The average Bonchev–Trinajstić information content (AvgIpc) is 3.01. The maximum absolute atomic E-state index is 10.1. The van der Waals surface area contributed by atoms with Gasteiger partial charge in [-0.05, 0) is 35.0 Å². The molecule has 0 bridgehead atoms. The van der Waals surface area contributed by atoms with Crippen LogP contribution in [0.3, 0.4) is 0 Å². The van der Waals surface area contributed by atoms with Crippen LogP contribution in [0.15, 0.2) is 70.1 Å². The van der Waals surface area contributed by atoms with Gasteiger partial charge in [0.15, 0.2) is 5.69 Å². The van der Waals surface area contributed by atoms with Gasteiger partial charge in [0.25, 0.3) is 0 Å². The number of aliphatic imine (C=N–C) groups is 1. The van der Waals surface area contributed by atoms with Gasteiger partial charge >= 0.3 is 5.95 Å². The molecule has 26 heavy (non-hydrogen) atoms. The topological polar surface area (TPSA) is 58.6 Å². The summed E-state index contributed by atoms with van der Waals surface area (Å²) in [6.45, 7) is 0. The van der Waals surface area contributed by atoms with Crippen LogP contribution in [0.25, 0.3) is 22.2 Å². The first-order valence-corrected chi connectivity index (χ1v) is 8.54. The number of benzene rings is 3. The van der Waals surface area contributed by atoms with Crippen molar-refractivity contribution >= 4 is 45.9 Å². The van der Waals surface area contributed by atoms with Crippen LogP contribution in [0.4, 0.5) is 5.69 Å². The number of hydrogen-bond donors (Lipinski definition) is 1. The lowest BCUT2D eigenvalue weighted by molar-refractivity contribution is 0.337. The standard InChI is InChI=1S/C20H12Cl2N2O2/c21-13-8-9-17(16(22)10-13)23-11-18-20(25)26-19(24-18)15-7-3-5-12-4-1-2-6-14(12)15/h1-11,25H. The molecule has 6 heteroatoms. The van der Waals surface area contributed by atoms with E-state index in [1.165, 1.54) is 6.21 Å². The second-order valence-electron chi connectivity index (χ2n) is 5.59. The zero-order chi connectivity index (χ0) is 18.1. The SMILES string of the molecule is Oc1oc(-c2cccc3ccccc23)nc1C=Nc1ccc(Cl)cc1Cl. The number of rotatable bonds is 3. The van der Waals surface area contributed by atoms with E-state index in [1.807, 2.05) is 42.5 Å². The smallest absolute Gasteiger partial charge is 0.312 e. The number of hydrogen-bond acceptors (Lipinski definition) is 4. The molecule has 128 valence electrons. The fourth-order valence-corrected chi connectivity index (χ4v) is 3.11. The zero-order valence-electron chi connectivity index (χ0n) is 13.4. The van der Waals surface area contributed by atoms with Crippen LogP contribution in [0.1, 0.15) is 5.69 Å². The number of oxazole rings is 1. The van der Waals surface area contributed by atoms with Crippen LogP contribution in [-0.4, -0.2) is 16.3 Å². The molecule has 0 unspecified atom stereocenters. The normalized spacial score (nSPS) is 11.5. The molecule has 0 aliphatic rings. The average molecular weight is 383 g/mol. The van der Waals surface area contributed by atoms with Gasteiger partial charge in [0.2, 0.25) is 5.89 Å². The van der Waals surface area contributed by atoms with Crippen molar-refractivity contribution in [3.63, 3.8) is 0 Å². The van der Waals surface area contributed by atoms with Crippen molar-refractivity contribution in [2.45, 2.75) is 0 Å². The minimum atomic E-state index is -0.304. The fourth-order valence-electron chi connectivity index (χ4n) is 2.65. The lowest BCUT2D eigenvalue weighted by atomic mass is 10.0. The molecule has 0 spiro atoms. The number of nitrogens with zero attached hydrogens (tertiary/aromatic N) is 2. The van der Waals surface area contributed by atoms with E-state index in [-0.39, 0.29) is 11.6 Å². The Balaban J connectivity index is 1.72. The van der Waals surface area contributed by atoms with Crippen LogP contribution in [-0.2, 0) is 0 Å². The van der Waals surface area contributed by atoms with Crippen molar-refractivity contribution in [1.82, 2.24) is 4.98 Å². The molecule has 0 amide bonds. The molecule has 0 fully saturated rings. The monoisotopic (exact) mass is 382 g/mol. The summed E-state index contributed by atoms with van der Waals surface area (Å²) in [5, 5.41) is 13.1. The molecule has 0 aliphatic carbocycles. The Bertz CT molecular complexity index is 1130. The molecular formula is C20H12Cl2N2O2. The maximum Gasteiger partial charge on any atom is 0.312 e. The summed E-state index contributed by atoms with van der Waals surface area (Å²) in [4.78, 5) is 8.61. The highest BCUT2D eigenvalue weighted by atomic mass is 35.5. The van der Waals surface area contributed by atoms with Gasteiger partial charge in [-0.15, -0.1) is 0 Å². The predicted octanol–water partition coefficient (Wildman–Crippen LogP) is 6.26. The van der Waals surface area contributed by atoms with Crippen LogP contribution in [0.5, 0.6) is 5.95 Å². The van der Waals surface area contributed by atoms with Gasteiger partial charge in [0.1, 0.15) is 0 Å². The molecule has 0 aliphatic heterocycles. The van der Waals surface area contributed by atoms with Crippen LogP contribution < -0.4 is 0 Å². The molecular weight excluding hydrogens is 371 g/mol. The van der Waals surface area contributed by atoms with Crippen molar-refractivity contribution in [2.24, 2.45) is 4.99 Å². The molecule has 4 aromatic rings. The summed E-state index contributed by atoms with van der Waals surface area (Å²) in [5.74, 6) is 0.0183. The van der Waals surface area contributed by atoms with Crippen molar-refractivity contribution < 1.29 is 9.52 Å². The van der Waals surface area contributed by atoms with E-state index in [0.717, 1.165) is 16.3 Å². The first kappa shape index (κ1) is 16.6.